The normalized spacial score (nSPS) is 12.6. The van der Waals surface area contributed by atoms with Gasteiger partial charge in [-0.2, -0.15) is 0 Å². The predicted molar refractivity (Wildman–Crippen MR) is 97.7 cm³/mol. The fourth-order valence-electron chi connectivity index (χ4n) is 2.50. The highest BCUT2D eigenvalue weighted by molar-refractivity contribution is 7.88. The first-order valence-corrected chi connectivity index (χ1v) is 10.5. The number of carbonyl (C=O) groups is 1. The van der Waals surface area contributed by atoms with E-state index in [1.165, 1.54) is 51.4 Å². The third kappa shape index (κ3) is 17.9. The summed E-state index contributed by atoms with van der Waals surface area (Å²) in [7, 11) is -3.46. The molecule has 140 valence electrons. The zero-order valence-electron chi connectivity index (χ0n) is 14.6. The summed E-state index contributed by atoms with van der Waals surface area (Å²) in [6.45, 7) is 2.22. The number of hydrogen-bond acceptors (Lipinski definition) is 3. The smallest absolute Gasteiger partial charge is 0.321 e. The molecule has 0 heterocycles. The van der Waals surface area contributed by atoms with Crippen molar-refractivity contribution in [2.24, 2.45) is 0 Å². The van der Waals surface area contributed by atoms with Crippen LogP contribution >= 0.6 is 12.4 Å². The summed E-state index contributed by atoms with van der Waals surface area (Å²) in [4.78, 5) is 11.0. The molecule has 0 aliphatic heterocycles. The van der Waals surface area contributed by atoms with E-state index in [2.05, 4.69) is 11.6 Å². The number of sulfonamides is 1. The van der Waals surface area contributed by atoms with Gasteiger partial charge in [-0.25, -0.2) is 13.1 Å². The summed E-state index contributed by atoms with van der Waals surface area (Å²) in [5.41, 5.74) is 0. The van der Waals surface area contributed by atoms with E-state index in [9.17, 15) is 13.2 Å². The Bertz CT molecular complexity index is 388. The molecule has 5 nitrogen and oxygen atoms in total. The number of carboxylic acid groups (broad SMARTS) is 1. The van der Waals surface area contributed by atoms with Crippen LogP contribution in [0, 0.1) is 0 Å². The molecule has 0 bridgehead atoms. The monoisotopic (exact) mass is 371 g/mol. The molecule has 0 aliphatic carbocycles. The van der Waals surface area contributed by atoms with Crippen molar-refractivity contribution in [1.29, 1.82) is 0 Å². The first-order valence-electron chi connectivity index (χ1n) is 8.57. The molecule has 0 spiro atoms. The van der Waals surface area contributed by atoms with Crippen molar-refractivity contribution in [3.8, 4) is 0 Å². The lowest BCUT2D eigenvalue weighted by Crippen LogP contribution is -2.40. The molecular formula is C16H34ClNO4S. The molecule has 1 unspecified atom stereocenters. The van der Waals surface area contributed by atoms with Gasteiger partial charge in [0, 0.05) is 0 Å². The maximum absolute atomic E-state index is 11.1. The number of carboxylic acids is 1. The lowest BCUT2D eigenvalue weighted by molar-refractivity contribution is -0.139. The second-order valence-corrected chi connectivity index (χ2v) is 7.89. The lowest BCUT2D eigenvalue weighted by Gasteiger charge is -2.12. The van der Waals surface area contributed by atoms with Gasteiger partial charge in [-0.05, 0) is 6.42 Å². The Morgan fingerprint density at radius 2 is 1.30 bits per heavy atom. The van der Waals surface area contributed by atoms with Crippen LogP contribution in [0.1, 0.15) is 84.0 Å². The Hall–Kier alpha value is -0.330. The fourth-order valence-corrected chi connectivity index (χ4v) is 3.24. The summed E-state index contributed by atoms with van der Waals surface area (Å²) in [5.74, 6) is -1.10. The molecule has 1 atom stereocenters. The van der Waals surface area contributed by atoms with Crippen LogP contribution in [0.15, 0.2) is 0 Å². The quantitative estimate of drug-likeness (QED) is 0.424. The number of nitrogens with one attached hydrogen (secondary N) is 1. The first kappa shape index (κ1) is 24.9. The molecule has 23 heavy (non-hydrogen) atoms. The molecule has 0 aliphatic rings. The van der Waals surface area contributed by atoms with Crippen LogP contribution < -0.4 is 4.72 Å². The number of aliphatic carboxylic acids is 1. The van der Waals surface area contributed by atoms with Crippen LogP contribution in [-0.2, 0) is 14.8 Å². The first-order chi connectivity index (χ1) is 10.4. The highest BCUT2D eigenvalue weighted by atomic mass is 35.5. The van der Waals surface area contributed by atoms with Gasteiger partial charge < -0.3 is 5.11 Å². The Morgan fingerprint density at radius 1 is 0.913 bits per heavy atom. The van der Waals surface area contributed by atoms with Crippen molar-refractivity contribution < 1.29 is 18.3 Å². The minimum atomic E-state index is -3.46. The molecular weight excluding hydrogens is 338 g/mol. The van der Waals surface area contributed by atoms with Crippen molar-refractivity contribution in [3.63, 3.8) is 0 Å². The summed E-state index contributed by atoms with van der Waals surface area (Å²) in [6, 6.07) is -0.992. The van der Waals surface area contributed by atoms with Crippen molar-refractivity contribution in [2.45, 2.75) is 90.0 Å². The van der Waals surface area contributed by atoms with E-state index in [0.29, 0.717) is 6.42 Å². The van der Waals surface area contributed by atoms with E-state index in [0.717, 1.165) is 25.5 Å². The second-order valence-electron chi connectivity index (χ2n) is 6.11. The molecule has 7 heteroatoms. The Morgan fingerprint density at radius 3 is 1.65 bits per heavy atom. The van der Waals surface area contributed by atoms with Gasteiger partial charge in [0.15, 0.2) is 0 Å². The van der Waals surface area contributed by atoms with Crippen molar-refractivity contribution in [3.05, 3.63) is 0 Å². The SMILES string of the molecule is CCCCCCCCCCCCCC(NS(C)(=O)=O)C(=O)O.Cl. The number of halogens is 1. The topological polar surface area (TPSA) is 83.5 Å². The second kappa shape index (κ2) is 15.2. The van der Waals surface area contributed by atoms with Gasteiger partial charge in [0.2, 0.25) is 10.0 Å². The average molecular weight is 372 g/mol. The summed E-state index contributed by atoms with van der Waals surface area (Å²) >= 11 is 0. The van der Waals surface area contributed by atoms with E-state index in [4.69, 9.17) is 5.11 Å². The maximum Gasteiger partial charge on any atom is 0.321 e. The molecule has 0 saturated heterocycles. The zero-order chi connectivity index (χ0) is 16.8. The van der Waals surface area contributed by atoms with Gasteiger partial charge in [-0.15, -0.1) is 12.4 Å². The van der Waals surface area contributed by atoms with Crippen LogP contribution in [0.2, 0.25) is 0 Å². The van der Waals surface area contributed by atoms with E-state index in [1.807, 2.05) is 0 Å². The zero-order valence-corrected chi connectivity index (χ0v) is 16.2. The van der Waals surface area contributed by atoms with Crippen molar-refractivity contribution in [2.75, 3.05) is 6.26 Å². The van der Waals surface area contributed by atoms with E-state index < -0.39 is 22.0 Å². The third-order valence-electron chi connectivity index (χ3n) is 3.75. The van der Waals surface area contributed by atoms with Gasteiger partial charge in [-0.1, -0.05) is 77.6 Å². The van der Waals surface area contributed by atoms with Gasteiger partial charge in [-0.3, -0.25) is 4.79 Å². The van der Waals surface area contributed by atoms with Crippen LogP contribution in [-0.4, -0.2) is 31.8 Å². The Kier molecular flexibility index (Phi) is 16.5. The molecule has 0 amide bonds. The molecule has 0 aromatic rings. The van der Waals surface area contributed by atoms with E-state index >= 15 is 0 Å². The van der Waals surface area contributed by atoms with Gasteiger partial charge in [0.1, 0.15) is 6.04 Å². The van der Waals surface area contributed by atoms with Gasteiger partial charge >= 0.3 is 5.97 Å². The van der Waals surface area contributed by atoms with Crippen molar-refractivity contribution in [1.82, 2.24) is 4.72 Å². The summed E-state index contributed by atoms with van der Waals surface area (Å²) in [5, 5.41) is 8.97. The molecule has 0 fully saturated rings. The largest absolute Gasteiger partial charge is 0.480 e. The van der Waals surface area contributed by atoms with Crippen LogP contribution in [0.25, 0.3) is 0 Å². The lowest BCUT2D eigenvalue weighted by atomic mass is 10.0. The average Bonchev–Trinajstić information content (AvgIpc) is 2.42. The Balaban J connectivity index is 0. The van der Waals surface area contributed by atoms with Crippen molar-refractivity contribution >= 4 is 28.4 Å². The summed E-state index contributed by atoms with van der Waals surface area (Å²) < 4.78 is 24.3. The Labute approximate surface area is 148 Å². The molecule has 0 aromatic heterocycles. The summed E-state index contributed by atoms with van der Waals surface area (Å²) in [6.07, 6.45) is 14.5. The molecule has 0 radical (unpaired) electrons. The predicted octanol–water partition coefficient (Wildman–Crippen LogP) is 4.11. The van der Waals surface area contributed by atoms with E-state index in [1.54, 1.807) is 0 Å². The number of hydrogen-bond donors (Lipinski definition) is 2. The van der Waals surface area contributed by atoms with Crippen LogP contribution in [0.3, 0.4) is 0 Å². The highest BCUT2D eigenvalue weighted by Gasteiger charge is 2.20. The fraction of sp³-hybridized carbons (Fsp3) is 0.938. The van der Waals surface area contributed by atoms with E-state index in [-0.39, 0.29) is 12.4 Å². The molecule has 0 rings (SSSR count). The highest BCUT2D eigenvalue weighted by Crippen LogP contribution is 2.12. The standard InChI is InChI=1S/C16H33NO4S.ClH/c1-3-4-5-6-7-8-9-10-11-12-13-14-15(16(18)19)17-22(2,20)21;/h15,17H,3-14H2,1-2H3,(H,18,19);1H. The maximum atomic E-state index is 11.1. The third-order valence-corrected chi connectivity index (χ3v) is 4.46. The minimum Gasteiger partial charge on any atom is -0.480 e. The molecule has 2 N–H and O–H groups in total. The van der Waals surface area contributed by atoms with Crippen LogP contribution in [0.4, 0.5) is 0 Å². The minimum absolute atomic E-state index is 0. The van der Waals surface area contributed by atoms with Gasteiger partial charge in [0.05, 0.1) is 6.26 Å². The molecule has 0 aromatic carbocycles. The van der Waals surface area contributed by atoms with Crippen LogP contribution in [0.5, 0.6) is 0 Å². The number of unbranched alkanes of at least 4 members (excludes halogenated alkanes) is 10. The molecule has 0 saturated carbocycles. The number of rotatable bonds is 15. The van der Waals surface area contributed by atoms with Gasteiger partial charge in [0.25, 0.3) is 0 Å².